The van der Waals surface area contributed by atoms with Gasteiger partial charge < -0.3 is 15.0 Å². The SMILES string of the molecule is CNC(=O)[C@H]1C[C@@H]2CN(CC3CCOCC3)C[C@@H]2N1C(C)C. The summed E-state index contributed by atoms with van der Waals surface area (Å²) in [5.74, 6) is 1.65. The smallest absolute Gasteiger partial charge is 0.237 e. The van der Waals surface area contributed by atoms with Gasteiger partial charge in [-0.15, -0.1) is 0 Å². The Labute approximate surface area is 134 Å². The normalized spacial score (nSPS) is 34.3. The lowest BCUT2D eigenvalue weighted by Crippen LogP contribution is -2.50. The predicted molar refractivity (Wildman–Crippen MR) is 86.7 cm³/mol. The third-order valence-corrected chi connectivity index (χ3v) is 5.75. The third-order valence-electron chi connectivity index (χ3n) is 5.75. The van der Waals surface area contributed by atoms with Crippen LogP contribution in [0.25, 0.3) is 0 Å². The molecule has 3 aliphatic heterocycles. The molecule has 0 aromatic rings. The zero-order valence-corrected chi connectivity index (χ0v) is 14.3. The van der Waals surface area contributed by atoms with Crippen LogP contribution in [-0.2, 0) is 9.53 Å². The van der Waals surface area contributed by atoms with E-state index in [1.807, 2.05) is 0 Å². The number of amides is 1. The van der Waals surface area contributed by atoms with Crippen LogP contribution in [0.2, 0.25) is 0 Å². The van der Waals surface area contributed by atoms with Crippen LogP contribution >= 0.6 is 0 Å². The van der Waals surface area contributed by atoms with E-state index in [0.717, 1.165) is 32.1 Å². The van der Waals surface area contributed by atoms with Crippen molar-refractivity contribution >= 4 is 5.91 Å². The largest absolute Gasteiger partial charge is 0.381 e. The summed E-state index contributed by atoms with van der Waals surface area (Å²) in [6.07, 6.45) is 3.44. The number of nitrogens with zero attached hydrogens (tertiary/aromatic N) is 2. The molecule has 5 heteroatoms. The molecule has 0 unspecified atom stereocenters. The summed E-state index contributed by atoms with van der Waals surface area (Å²) in [5, 5.41) is 2.85. The number of rotatable bonds is 4. The van der Waals surface area contributed by atoms with Crippen LogP contribution in [0.5, 0.6) is 0 Å². The summed E-state index contributed by atoms with van der Waals surface area (Å²) < 4.78 is 5.47. The van der Waals surface area contributed by atoms with Crippen LogP contribution in [0.4, 0.5) is 0 Å². The number of hydrogen-bond acceptors (Lipinski definition) is 4. The Morgan fingerprint density at radius 2 is 2.00 bits per heavy atom. The standard InChI is InChI=1S/C17H31N3O2/c1-12(2)20-15(17(21)18-3)8-14-10-19(11-16(14)20)9-13-4-6-22-7-5-13/h12-16H,4-11H2,1-3H3,(H,18,21)/t14-,15-,16+/m1/s1. The maximum atomic E-state index is 12.2. The molecule has 3 heterocycles. The monoisotopic (exact) mass is 309 g/mol. The number of carbonyl (C=O) groups is 1. The number of fused-ring (bicyclic) bond motifs is 1. The molecule has 3 saturated heterocycles. The summed E-state index contributed by atoms with van der Waals surface area (Å²) in [5.41, 5.74) is 0. The van der Waals surface area contributed by atoms with Gasteiger partial charge in [-0.3, -0.25) is 9.69 Å². The summed E-state index contributed by atoms with van der Waals surface area (Å²) in [6.45, 7) is 9.82. The molecule has 0 aromatic carbocycles. The number of nitrogens with one attached hydrogen (secondary N) is 1. The van der Waals surface area contributed by atoms with E-state index in [4.69, 9.17) is 4.74 Å². The van der Waals surface area contributed by atoms with Crippen molar-refractivity contribution in [2.75, 3.05) is 39.9 Å². The molecule has 5 nitrogen and oxygen atoms in total. The molecular formula is C17H31N3O2. The first-order valence-corrected chi connectivity index (χ1v) is 8.89. The average Bonchev–Trinajstić information content (AvgIpc) is 3.03. The molecular weight excluding hydrogens is 278 g/mol. The van der Waals surface area contributed by atoms with Gasteiger partial charge in [0.15, 0.2) is 0 Å². The lowest BCUT2D eigenvalue weighted by molar-refractivity contribution is -0.126. The molecule has 1 N–H and O–H groups in total. The van der Waals surface area contributed by atoms with Crippen molar-refractivity contribution in [3.63, 3.8) is 0 Å². The van der Waals surface area contributed by atoms with Crippen LogP contribution in [0.15, 0.2) is 0 Å². The van der Waals surface area contributed by atoms with Crippen molar-refractivity contribution in [1.29, 1.82) is 0 Å². The zero-order valence-electron chi connectivity index (χ0n) is 14.3. The Balaban J connectivity index is 1.60. The lowest BCUT2D eigenvalue weighted by atomic mass is 9.99. The predicted octanol–water partition coefficient (Wildman–Crippen LogP) is 0.942. The second-order valence-corrected chi connectivity index (χ2v) is 7.51. The zero-order chi connectivity index (χ0) is 15.7. The third kappa shape index (κ3) is 3.17. The van der Waals surface area contributed by atoms with Crippen LogP contribution in [-0.4, -0.2) is 73.7 Å². The Hall–Kier alpha value is -0.650. The van der Waals surface area contributed by atoms with Gasteiger partial charge in [-0.1, -0.05) is 0 Å². The molecule has 3 fully saturated rings. The van der Waals surface area contributed by atoms with E-state index >= 15 is 0 Å². The van der Waals surface area contributed by atoms with E-state index in [9.17, 15) is 4.79 Å². The quantitative estimate of drug-likeness (QED) is 0.839. The molecule has 22 heavy (non-hydrogen) atoms. The van der Waals surface area contributed by atoms with Crippen LogP contribution in [0.1, 0.15) is 33.1 Å². The Morgan fingerprint density at radius 1 is 1.27 bits per heavy atom. The number of likely N-dealkylation sites (tertiary alicyclic amines) is 2. The minimum atomic E-state index is 0.0743. The maximum absolute atomic E-state index is 12.2. The molecule has 3 atom stereocenters. The van der Waals surface area contributed by atoms with Gasteiger partial charge in [0.05, 0.1) is 6.04 Å². The van der Waals surface area contributed by atoms with Crippen molar-refractivity contribution in [2.24, 2.45) is 11.8 Å². The molecule has 126 valence electrons. The Morgan fingerprint density at radius 3 is 2.64 bits per heavy atom. The van der Waals surface area contributed by atoms with Gasteiger partial charge in [0.25, 0.3) is 0 Å². The molecule has 0 saturated carbocycles. The van der Waals surface area contributed by atoms with Crippen molar-refractivity contribution in [3.8, 4) is 0 Å². The van der Waals surface area contributed by atoms with E-state index in [0.29, 0.717) is 18.0 Å². The number of carbonyl (C=O) groups excluding carboxylic acids is 1. The Bertz CT molecular complexity index is 395. The molecule has 0 aromatic heterocycles. The molecule has 0 bridgehead atoms. The molecule has 3 aliphatic rings. The highest BCUT2D eigenvalue weighted by atomic mass is 16.5. The van der Waals surface area contributed by atoms with E-state index < -0.39 is 0 Å². The van der Waals surface area contributed by atoms with Gasteiger partial charge in [0.2, 0.25) is 5.91 Å². The highest BCUT2D eigenvalue weighted by Gasteiger charge is 2.49. The van der Waals surface area contributed by atoms with Gasteiger partial charge in [0, 0.05) is 52.0 Å². The highest BCUT2D eigenvalue weighted by Crippen LogP contribution is 2.37. The van der Waals surface area contributed by atoms with Crippen molar-refractivity contribution < 1.29 is 9.53 Å². The highest BCUT2D eigenvalue weighted by molar-refractivity contribution is 5.82. The number of ether oxygens (including phenoxy) is 1. The molecule has 0 radical (unpaired) electrons. The topological polar surface area (TPSA) is 44.8 Å². The summed E-state index contributed by atoms with van der Waals surface area (Å²) in [4.78, 5) is 17.3. The van der Waals surface area contributed by atoms with E-state index in [1.54, 1.807) is 7.05 Å². The summed E-state index contributed by atoms with van der Waals surface area (Å²) in [7, 11) is 1.76. The fourth-order valence-electron chi connectivity index (χ4n) is 4.75. The first-order chi connectivity index (χ1) is 10.6. The molecule has 0 aliphatic carbocycles. The van der Waals surface area contributed by atoms with Gasteiger partial charge in [-0.2, -0.15) is 0 Å². The number of hydrogen-bond donors (Lipinski definition) is 1. The first kappa shape index (κ1) is 16.2. The summed E-state index contributed by atoms with van der Waals surface area (Å²) in [6, 6.07) is 1.06. The van der Waals surface area contributed by atoms with Crippen molar-refractivity contribution in [3.05, 3.63) is 0 Å². The fraction of sp³-hybridized carbons (Fsp3) is 0.941. The van der Waals surface area contributed by atoms with E-state index in [2.05, 4.69) is 29.0 Å². The maximum Gasteiger partial charge on any atom is 0.237 e. The van der Waals surface area contributed by atoms with Gasteiger partial charge in [-0.25, -0.2) is 0 Å². The van der Waals surface area contributed by atoms with Gasteiger partial charge in [-0.05, 0) is 44.9 Å². The molecule has 1 amide bonds. The van der Waals surface area contributed by atoms with Crippen molar-refractivity contribution in [1.82, 2.24) is 15.1 Å². The second kappa shape index (κ2) is 6.85. The lowest BCUT2D eigenvalue weighted by Gasteiger charge is -2.34. The Kier molecular flexibility index (Phi) is 5.05. The minimum Gasteiger partial charge on any atom is -0.381 e. The van der Waals surface area contributed by atoms with Gasteiger partial charge >= 0.3 is 0 Å². The van der Waals surface area contributed by atoms with E-state index in [-0.39, 0.29) is 11.9 Å². The molecule has 0 spiro atoms. The minimum absolute atomic E-state index is 0.0743. The van der Waals surface area contributed by atoms with Crippen LogP contribution < -0.4 is 5.32 Å². The van der Waals surface area contributed by atoms with Crippen LogP contribution in [0, 0.1) is 11.8 Å². The molecule has 3 rings (SSSR count). The second-order valence-electron chi connectivity index (χ2n) is 7.51. The fourth-order valence-corrected chi connectivity index (χ4v) is 4.75. The first-order valence-electron chi connectivity index (χ1n) is 8.89. The van der Waals surface area contributed by atoms with Crippen LogP contribution in [0.3, 0.4) is 0 Å². The van der Waals surface area contributed by atoms with Gasteiger partial charge in [0.1, 0.15) is 0 Å². The average molecular weight is 309 g/mol. The van der Waals surface area contributed by atoms with E-state index in [1.165, 1.54) is 25.9 Å². The summed E-state index contributed by atoms with van der Waals surface area (Å²) >= 11 is 0. The number of likely N-dealkylation sites (N-methyl/N-ethyl adjacent to an activating group) is 1. The van der Waals surface area contributed by atoms with Crippen molar-refractivity contribution in [2.45, 2.75) is 51.2 Å².